The molecule has 0 N–H and O–H groups in total. The summed E-state index contributed by atoms with van der Waals surface area (Å²) in [5, 5.41) is 0. The summed E-state index contributed by atoms with van der Waals surface area (Å²) in [5.41, 5.74) is 0. The zero-order valence-corrected chi connectivity index (χ0v) is 10.4. The van der Waals surface area contributed by atoms with Crippen molar-refractivity contribution in [2.75, 3.05) is 0 Å². The molecule has 3 nitrogen and oxygen atoms in total. The van der Waals surface area contributed by atoms with E-state index in [4.69, 9.17) is 0 Å². The van der Waals surface area contributed by atoms with Gasteiger partial charge in [-0.2, -0.15) is 0 Å². The minimum absolute atomic E-state index is 0.155. The van der Waals surface area contributed by atoms with E-state index in [9.17, 15) is 4.79 Å². The lowest BCUT2D eigenvalue weighted by atomic mass is 9.77. The van der Waals surface area contributed by atoms with Gasteiger partial charge in [0.25, 0.3) is 0 Å². The van der Waals surface area contributed by atoms with Gasteiger partial charge < -0.3 is 0 Å². The van der Waals surface area contributed by atoms with Gasteiger partial charge in [0.2, 0.25) is 0 Å². The van der Waals surface area contributed by atoms with Crippen LogP contribution in [0.15, 0.2) is 18.5 Å². The molecule has 0 aliphatic heterocycles. The molecule has 0 bridgehead atoms. The highest BCUT2D eigenvalue weighted by Gasteiger charge is 2.28. The zero-order chi connectivity index (χ0) is 12.1. The van der Waals surface area contributed by atoms with Gasteiger partial charge in [0.15, 0.2) is 0 Å². The fourth-order valence-electron chi connectivity index (χ4n) is 2.73. The number of hydrogen-bond acceptors (Lipinski definition) is 3. The van der Waals surface area contributed by atoms with Crippen molar-refractivity contribution in [3.05, 3.63) is 24.3 Å². The first-order valence-electron chi connectivity index (χ1n) is 6.58. The first-order chi connectivity index (χ1) is 8.29. The van der Waals surface area contributed by atoms with Crippen LogP contribution < -0.4 is 0 Å². The average Bonchev–Trinajstić information content (AvgIpc) is 2.35. The summed E-state index contributed by atoms with van der Waals surface area (Å²) < 4.78 is 0. The van der Waals surface area contributed by atoms with Crippen molar-refractivity contribution in [3.63, 3.8) is 0 Å². The first kappa shape index (κ1) is 12.2. The third kappa shape index (κ3) is 3.35. The Morgan fingerprint density at radius 1 is 1.35 bits per heavy atom. The highest BCUT2D eigenvalue weighted by atomic mass is 16.1. The van der Waals surface area contributed by atoms with E-state index in [1.54, 1.807) is 12.4 Å². The molecule has 1 aliphatic carbocycles. The summed E-state index contributed by atoms with van der Waals surface area (Å²) in [7, 11) is 0. The molecule has 2 rings (SSSR count). The van der Waals surface area contributed by atoms with E-state index in [0.717, 1.165) is 37.4 Å². The number of hydrogen-bond donors (Lipinski definition) is 0. The van der Waals surface area contributed by atoms with Crippen molar-refractivity contribution in [3.8, 4) is 0 Å². The molecule has 17 heavy (non-hydrogen) atoms. The summed E-state index contributed by atoms with van der Waals surface area (Å²) in [6.07, 6.45) is 9.55. The average molecular weight is 232 g/mol. The quantitative estimate of drug-likeness (QED) is 0.801. The lowest BCUT2D eigenvalue weighted by molar-refractivity contribution is -0.125. The van der Waals surface area contributed by atoms with Crippen LogP contribution in [-0.4, -0.2) is 15.8 Å². The first-order valence-corrected chi connectivity index (χ1v) is 6.58. The molecule has 0 amide bonds. The van der Waals surface area contributed by atoms with Gasteiger partial charge in [-0.25, -0.2) is 9.97 Å². The van der Waals surface area contributed by atoms with Gasteiger partial charge in [-0.1, -0.05) is 19.8 Å². The van der Waals surface area contributed by atoms with Gasteiger partial charge >= 0.3 is 0 Å². The normalized spacial score (nSPS) is 24.9. The molecule has 1 aromatic heterocycles. The minimum atomic E-state index is 0.155. The molecule has 0 saturated heterocycles. The van der Waals surface area contributed by atoms with Crippen LogP contribution in [0.5, 0.6) is 0 Å². The maximum Gasteiger partial charge on any atom is 0.136 e. The number of rotatable bonds is 4. The molecule has 1 saturated carbocycles. The molecule has 0 radical (unpaired) electrons. The summed E-state index contributed by atoms with van der Waals surface area (Å²) in [6, 6.07) is 1.81. The standard InChI is InChI=1S/C14H20N2O/c1-2-4-11-5-6-13(17)12(9-11)10-14-15-7-3-8-16-14/h3,7-8,11-12H,2,4-6,9-10H2,1H3. The number of carbonyl (C=O) groups excluding carboxylic acids is 1. The van der Waals surface area contributed by atoms with Crippen LogP contribution in [0.2, 0.25) is 0 Å². The molecule has 0 aromatic carbocycles. The SMILES string of the molecule is CCCC1CCC(=O)C(Cc2ncccn2)C1. The fourth-order valence-corrected chi connectivity index (χ4v) is 2.73. The third-order valence-electron chi connectivity index (χ3n) is 3.62. The van der Waals surface area contributed by atoms with Gasteiger partial charge in [0, 0.05) is 31.2 Å². The van der Waals surface area contributed by atoms with Gasteiger partial charge in [0.05, 0.1) is 0 Å². The van der Waals surface area contributed by atoms with E-state index in [1.807, 2.05) is 6.07 Å². The highest BCUT2D eigenvalue weighted by Crippen LogP contribution is 2.31. The van der Waals surface area contributed by atoms with Crippen LogP contribution in [0, 0.1) is 11.8 Å². The Morgan fingerprint density at radius 2 is 2.12 bits per heavy atom. The summed E-state index contributed by atoms with van der Waals surface area (Å²) in [4.78, 5) is 20.3. The Hall–Kier alpha value is -1.25. The Labute approximate surface area is 103 Å². The Bertz CT molecular complexity index is 364. The molecule has 2 unspecified atom stereocenters. The molecule has 0 spiro atoms. The van der Waals surface area contributed by atoms with Crippen molar-refractivity contribution < 1.29 is 4.79 Å². The van der Waals surface area contributed by atoms with Crippen LogP contribution in [0.3, 0.4) is 0 Å². The van der Waals surface area contributed by atoms with Crippen LogP contribution in [0.4, 0.5) is 0 Å². The van der Waals surface area contributed by atoms with Crippen molar-refractivity contribution in [2.45, 2.75) is 45.4 Å². The highest BCUT2D eigenvalue weighted by molar-refractivity contribution is 5.81. The van der Waals surface area contributed by atoms with E-state index in [0.29, 0.717) is 5.78 Å². The predicted octanol–water partition coefficient (Wildman–Crippen LogP) is 2.80. The zero-order valence-electron chi connectivity index (χ0n) is 10.4. The van der Waals surface area contributed by atoms with Crippen molar-refractivity contribution in [1.29, 1.82) is 0 Å². The second-order valence-electron chi connectivity index (χ2n) is 4.96. The molecule has 2 atom stereocenters. The van der Waals surface area contributed by atoms with Crippen LogP contribution in [0.25, 0.3) is 0 Å². The van der Waals surface area contributed by atoms with E-state index < -0.39 is 0 Å². The molecular formula is C14H20N2O. The van der Waals surface area contributed by atoms with Gasteiger partial charge in [0.1, 0.15) is 11.6 Å². The smallest absolute Gasteiger partial charge is 0.136 e. The lowest BCUT2D eigenvalue weighted by Gasteiger charge is -2.27. The van der Waals surface area contributed by atoms with Gasteiger partial charge in [-0.3, -0.25) is 4.79 Å². The number of nitrogens with zero attached hydrogens (tertiary/aromatic N) is 2. The van der Waals surface area contributed by atoms with Crippen molar-refractivity contribution in [2.24, 2.45) is 11.8 Å². The van der Waals surface area contributed by atoms with E-state index >= 15 is 0 Å². The molecule has 3 heteroatoms. The Morgan fingerprint density at radius 3 is 2.82 bits per heavy atom. The molecule has 92 valence electrons. The topological polar surface area (TPSA) is 42.9 Å². The lowest BCUT2D eigenvalue weighted by Crippen LogP contribution is -2.27. The van der Waals surface area contributed by atoms with Crippen LogP contribution in [-0.2, 0) is 11.2 Å². The third-order valence-corrected chi connectivity index (χ3v) is 3.62. The van der Waals surface area contributed by atoms with Crippen LogP contribution >= 0.6 is 0 Å². The summed E-state index contributed by atoms with van der Waals surface area (Å²) >= 11 is 0. The summed E-state index contributed by atoms with van der Waals surface area (Å²) in [6.45, 7) is 2.21. The summed E-state index contributed by atoms with van der Waals surface area (Å²) in [5.74, 6) is 2.10. The van der Waals surface area contributed by atoms with Gasteiger partial charge in [-0.05, 0) is 24.8 Å². The van der Waals surface area contributed by atoms with Crippen molar-refractivity contribution in [1.82, 2.24) is 9.97 Å². The molecular weight excluding hydrogens is 212 g/mol. The fraction of sp³-hybridized carbons (Fsp3) is 0.643. The predicted molar refractivity (Wildman–Crippen MR) is 66.5 cm³/mol. The largest absolute Gasteiger partial charge is 0.299 e. The Kier molecular flexibility index (Phi) is 4.24. The minimum Gasteiger partial charge on any atom is -0.299 e. The Balaban J connectivity index is 1.96. The van der Waals surface area contributed by atoms with Gasteiger partial charge in [-0.15, -0.1) is 0 Å². The monoisotopic (exact) mass is 232 g/mol. The number of ketones is 1. The molecule has 1 aromatic rings. The van der Waals surface area contributed by atoms with E-state index in [2.05, 4.69) is 16.9 Å². The molecule has 1 aliphatic rings. The maximum atomic E-state index is 11.9. The molecule has 1 heterocycles. The number of carbonyl (C=O) groups is 1. The number of Topliss-reactive ketones (excluding diaryl/α,β-unsaturated/α-hetero) is 1. The number of aromatic nitrogens is 2. The van der Waals surface area contributed by atoms with Crippen LogP contribution in [0.1, 0.15) is 44.9 Å². The van der Waals surface area contributed by atoms with Crippen molar-refractivity contribution >= 4 is 5.78 Å². The second-order valence-corrected chi connectivity index (χ2v) is 4.96. The van der Waals surface area contributed by atoms with E-state index in [-0.39, 0.29) is 5.92 Å². The maximum absolute atomic E-state index is 11.9. The van der Waals surface area contributed by atoms with E-state index in [1.165, 1.54) is 12.8 Å². The molecule has 1 fully saturated rings. The second kappa shape index (κ2) is 5.89.